The molecule has 0 bridgehead atoms. The van der Waals surface area contributed by atoms with Crippen LogP contribution in [0.1, 0.15) is 59.3 Å². The molecule has 128 valence electrons. The first-order valence-electron chi connectivity index (χ1n) is 8.66. The Bertz CT molecular complexity index is 256. The molecule has 0 aliphatic carbocycles. The Morgan fingerprint density at radius 1 is 0.762 bits per heavy atom. The Morgan fingerprint density at radius 2 is 1.29 bits per heavy atom. The van der Waals surface area contributed by atoms with Crippen LogP contribution in [0.25, 0.3) is 0 Å². The molecule has 0 heterocycles. The lowest BCUT2D eigenvalue weighted by molar-refractivity contribution is 0.179. The molecule has 3 nitrogen and oxygen atoms in total. The topological polar surface area (TPSA) is 27.7 Å². The zero-order valence-corrected chi connectivity index (χ0v) is 17.5. The van der Waals surface area contributed by atoms with Gasteiger partial charge in [-0.3, -0.25) is 0 Å². The van der Waals surface area contributed by atoms with Crippen LogP contribution in [-0.4, -0.2) is 30.3 Å². The lowest BCUT2D eigenvalue weighted by atomic mass is 10.1. The zero-order valence-electron chi connectivity index (χ0n) is 15.5. The largest absolute Gasteiger partial charge is 0.415 e. The van der Waals surface area contributed by atoms with Crippen molar-refractivity contribution in [1.29, 1.82) is 0 Å². The van der Waals surface area contributed by atoms with Crippen molar-refractivity contribution in [3.63, 3.8) is 0 Å². The lowest BCUT2D eigenvalue weighted by Crippen LogP contribution is -2.49. The maximum absolute atomic E-state index is 6.25. The van der Waals surface area contributed by atoms with Crippen LogP contribution in [0.5, 0.6) is 0 Å². The highest BCUT2D eigenvalue weighted by atomic mass is 28.5. The Kier molecular flexibility index (Phi) is 11.1. The first-order chi connectivity index (χ1) is 9.68. The molecule has 0 amide bonds. The summed E-state index contributed by atoms with van der Waals surface area (Å²) in [7, 11) is -4.10. The summed E-state index contributed by atoms with van der Waals surface area (Å²) in [4.78, 5) is 0. The van der Waals surface area contributed by atoms with Gasteiger partial charge in [0, 0.05) is 13.2 Å². The van der Waals surface area contributed by atoms with Gasteiger partial charge in [0.2, 0.25) is 0 Å². The molecule has 0 saturated heterocycles. The van der Waals surface area contributed by atoms with Crippen molar-refractivity contribution in [2.75, 3.05) is 13.2 Å². The van der Waals surface area contributed by atoms with Crippen LogP contribution in [0, 0.1) is 5.92 Å². The van der Waals surface area contributed by atoms with Gasteiger partial charge < -0.3 is 13.0 Å². The summed E-state index contributed by atoms with van der Waals surface area (Å²) in [5.74, 6) is 0.550. The van der Waals surface area contributed by atoms with Crippen molar-refractivity contribution < 1.29 is 13.0 Å². The molecule has 0 fully saturated rings. The van der Waals surface area contributed by atoms with Crippen molar-refractivity contribution >= 4 is 17.1 Å². The Labute approximate surface area is 135 Å². The van der Waals surface area contributed by atoms with E-state index in [4.69, 9.17) is 13.0 Å². The summed E-state index contributed by atoms with van der Waals surface area (Å²) in [6, 6.07) is 0. The molecule has 21 heavy (non-hydrogen) atoms. The standard InChI is InChI=1S/C16H38O3Si2/c1-8-9-10-11-12-13-14-17-20(4,5)19-21(6,7)18-15-16(2)3/h16H,8-15H2,1-7H3. The molecule has 0 saturated carbocycles. The van der Waals surface area contributed by atoms with Crippen LogP contribution in [0.4, 0.5) is 0 Å². The van der Waals surface area contributed by atoms with Gasteiger partial charge in [-0.05, 0) is 38.5 Å². The van der Waals surface area contributed by atoms with E-state index in [0.29, 0.717) is 5.92 Å². The highest BCUT2D eigenvalue weighted by Gasteiger charge is 2.36. The highest BCUT2D eigenvalue weighted by molar-refractivity contribution is 6.78. The lowest BCUT2D eigenvalue weighted by Gasteiger charge is -2.33. The van der Waals surface area contributed by atoms with Crippen LogP contribution in [-0.2, 0) is 13.0 Å². The molecule has 0 rings (SSSR count). The van der Waals surface area contributed by atoms with Crippen LogP contribution in [0.15, 0.2) is 0 Å². The molecule has 0 aromatic heterocycles. The summed E-state index contributed by atoms with van der Waals surface area (Å²) < 4.78 is 18.3. The minimum Gasteiger partial charge on any atom is -0.415 e. The first-order valence-corrected chi connectivity index (χ1v) is 14.3. The molecule has 0 aliphatic rings. The predicted octanol–water partition coefficient (Wildman–Crippen LogP) is 5.46. The Hall–Kier alpha value is 0.314. The van der Waals surface area contributed by atoms with Gasteiger partial charge >= 0.3 is 17.1 Å². The van der Waals surface area contributed by atoms with Crippen molar-refractivity contribution in [2.45, 2.75) is 85.5 Å². The van der Waals surface area contributed by atoms with E-state index in [2.05, 4.69) is 47.0 Å². The summed E-state index contributed by atoms with van der Waals surface area (Å²) in [5, 5.41) is 0. The fourth-order valence-corrected chi connectivity index (χ4v) is 8.80. The van der Waals surface area contributed by atoms with Crippen molar-refractivity contribution in [3.05, 3.63) is 0 Å². The Balaban J connectivity index is 3.85. The summed E-state index contributed by atoms with van der Waals surface area (Å²) in [6.45, 7) is 16.7. The van der Waals surface area contributed by atoms with Crippen molar-refractivity contribution in [2.24, 2.45) is 5.92 Å². The summed E-state index contributed by atoms with van der Waals surface area (Å²) >= 11 is 0. The molecular weight excluding hydrogens is 296 g/mol. The molecule has 0 aliphatic heterocycles. The first kappa shape index (κ1) is 21.3. The number of unbranched alkanes of at least 4 members (excludes halogenated alkanes) is 5. The molecule has 5 heteroatoms. The fraction of sp³-hybridized carbons (Fsp3) is 1.00. The van der Waals surface area contributed by atoms with Gasteiger partial charge in [-0.2, -0.15) is 0 Å². The van der Waals surface area contributed by atoms with Crippen molar-refractivity contribution in [1.82, 2.24) is 0 Å². The van der Waals surface area contributed by atoms with Gasteiger partial charge in [-0.1, -0.05) is 52.9 Å². The second-order valence-electron chi connectivity index (χ2n) is 7.22. The van der Waals surface area contributed by atoms with E-state index in [-0.39, 0.29) is 0 Å². The van der Waals surface area contributed by atoms with E-state index in [0.717, 1.165) is 19.6 Å². The predicted molar refractivity (Wildman–Crippen MR) is 96.2 cm³/mol. The third-order valence-electron chi connectivity index (χ3n) is 3.20. The van der Waals surface area contributed by atoms with Gasteiger partial charge in [-0.15, -0.1) is 0 Å². The van der Waals surface area contributed by atoms with Gasteiger partial charge in [-0.25, -0.2) is 0 Å². The van der Waals surface area contributed by atoms with Gasteiger partial charge in [0.15, 0.2) is 0 Å². The zero-order chi connectivity index (χ0) is 16.4. The quantitative estimate of drug-likeness (QED) is 0.331. The highest BCUT2D eigenvalue weighted by Crippen LogP contribution is 2.18. The molecule has 0 radical (unpaired) electrons. The fourth-order valence-electron chi connectivity index (χ4n) is 2.22. The second kappa shape index (κ2) is 10.9. The van der Waals surface area contributed by atoms with E-state index in [1.54, 1.807) is 0 Å². The van der Waals surface area contributed by atoms with E-state index < -0.39 is 17.1 Å². The van der Waals surface area contributed by atoms with Crippen LogP contribution < -0.4 is 0 Å². The number of rotatable bonds is 13. The van der Waals surface area contributed by atoms with Gasteiger partial charge in [0.05, 0.1) is 0 Å². The molecule has 0 aromatic rings. The minimum atomic E-state index is -2.05. The van der Waals surface area contributed by atoms with Crippen molar-refractivity contribution in [3.8, 4) is 0 Å². The molecule has 0 aromatic carbocycles. The van der Waals surface area contributed by atoms with Crippen LogP contribution in [0.3, 0.4) is 0 Å². The third-order valence-corrected chi connectivity index (χ3v) is 8.90. The SMILES string of the molecule is CCCCCCCCO[Si](C)(C)O[Si](C)(C)OCC(C)C. The van der Waals surface area contributed by atoms with E-state index in [9.17, 15) is 0 Å². The molecule has 0 unspecified atom stereocenters. The third kappa shape index (κ3) is 13.7. The molecule has 0 spiro atoms. The maximum atomic E-state index is 6.25. The summed E-state index contributed by atoms with van der Waals surface area (Å²) in [6.07, 6.45) is 7.78. The monoisotopic (exact) mass is 334 g/mol. The van der Waals surface area contributed by atoms with Gasteiger partial charge in [0.25, 0.3) is 0 Å². The normalized spacial score (nSPS) is 13.1. The van der Waals surface area contributed by atoms with E-state index >= 15 is 0 Å². The number of hydrogen-bond acceptors (Lipinski definition) is 3. The smallest absolute Gasteiger partial charge is 0.322 e. The van der Waals surface area contributed by atoms with Crippen LogP contribution >= 0.6 is 0 Å². The van der Waals surface area contributed by atoms with E-state index in [1.807, 2.05) is 0 Å². The van der Waals surface area contributed by atoms with Gasteiger partial charge in [0.1, 0.15) is 0 Å². The van der Waals surface area contributed by atoms with Crippen LogP contribution in [0.2, 0.25) is 26.2 Å². The molecule has 0 atom stereocenters. The average Bonchev–Trinajstić information content (AvgIpc) is 2.34. The summed E-state index contributed by atoms with van der Waals surface area (Å²) in [5.41, 5.74) is 0. The number of hydrogen-bond donors (Lipinski definition) is 0. The molecular formula is C16H38O3Si2. The average molecular weight is 335 g/mol. The Morgan fingerprint density at radius 3 is 1.86 bits per heavy atom. The minimum absolute atomic E-state index is 0.550. The van der Waals surface area contributed by atoms with E-state index in [1.165, 1.54) is 32.1 Å². The maximum Gasteiger partial charge on any atom is 0.322 e. The molecule has 0 N–H and O–H groups in total. The second-order valence-corrected chi connectivity index (χ2v) is 14.2.